The van der Waals surface area contributed by atoms with Crippen molar-refractivity contribution in [1.82, 2.24) is 4.72 Å². The van der Waals surface area contributed by atoms with Gasteiger partial charge in [0, 0.05) is 17.7 Å². The summed E-state index contributed by atoms with van der Waals surface area (Å²) in [6.45, 7) is 0.223. The topological polar surface area (TPSA) is 80.3 Å². The van der Waals surface area contributed by atoms with Crippen LogP contribution in [0.5, 0.6) is 0 Å². The van der Waals surface area contributed by atoms with E-state index in [9.17, 15) is 16.8 Å². The molecule has 0 aliphatic heterocycles. The standard InChI is InChI=1S/C13H15NO4S3/c1-20(15,16)12-6-2-3-7-13(12)21(17,18)14-9-8-11-5-4-10-19-11/h2-7,10,14H,8-9H2,1H3. The van der Waals surface area contributed by atoms with Crippen LogP contribution < -0.4 is 4.72 Å². The third-order valence-corrected chi connectivity index (χ3v) is 6.52. The Morgan fingerprint density at radius 2 is 1.67 bits per heavy atom. The number of benzene rings is 1. The molecule has 0 unspecified atom stereocenters. The van der Waals surface area contributed by atoms with Crippen molar-refractivity contribution in [3.8, 4) is 0 Å². The van der Waals surface area contributed by atoms with E-state index in [-0.39, 0.29) is 16.3 Å². The summed E-state index contributed by atoms with van der Waals surface area (Å²) in [5.74, 6) is 0. The van der Waals surface area contributed by atoms with Crippen LogP contribution in [0.4, 0.5) is 0 Å². The van der Waals surface area contributed by atoms with E-state index in [0.29, 0.717) is 6.42 Å². The second-order valence-corrected chi connectivity index (χ2v) is 9.20. The first-order valence-electron chi connectivity index (χ1n) is 6.12. The van der Waals surface area contributed by atoms with E-state index in [1.54, 1.807) is 11.3 Å². The van der Waals surface area contributed by atoms with Gasteiger partial charge in [0.05, 0.1) is 4.90 Å². The average molecular weight is 345 g/mol. The summed E-state index contributed by atoms with van der Waals surface area (Å²) in [6, 6.07) is 9.41. The second-order valence-electron chi connectivity index (χ2n) is 4.45. The third kappa shape index (κ3) is 4.13. The lowest BCUT2D eigenvalue weighted by Gasteiger charge is -2.10. The zero-order valence-corrected chi connectivity index (χ0v) is 13.8. The van der Waals surface area contributed by atoms with E-state index in [1.165, 1.54) is 24.3 Å². The molecule has 114 valence electrons. The third-order valence-electron chi connectivity index (χ3n) is 2.78. The minimum absolute atomic E-state index is 0.186. The van der Waals surface area contributed by atoms with Gasteiger partial charge in [-0.1, -0.05) is 18.2 Å². The van der Waals surface area contributed by atoms with E-state index in [2.05, 4.69) is 4.72 Å². The van der Waals surface area contributed by atoms with Gasteiger partial charge < -0.3 is 0 Å². The molecule has 0 radical (unpaired) electrons. The van der Waals surface area contributed by atoms with Crippen LogP contribution in [0.2, 0.25) is 0 Å². The van der Waals surface area contributed by atoms with Gasteiger partial charge >= 0.3 is 0 Å². The Labute approximate surface area is 128 Å². The summed E-state index contributed by atoms with van der Waals surface area (Å²) in [7, 11) is -7.45. The van der Waals surface area contributed by atoms with Gasteiger partial charge in [-0.15, -0.1) is 11.3 Å². The average Bonchev–Trinajstić information content (AvgIpc) is 2.91. The lowest BCUT2D eigenvalue weighted by Crippen LogP contribution is -2.27. The number of hydrogen-bond acceptors (Lipinski definition) is 5. The maximum absolute atomic E-state index is 12.3. The summed E-state index contributed by atoms with van der Waals surface area (Å²) >= 11 is 1.55. The molecule has 1 aromatic heterocycles. The SMILES string of the molecule is CS(=O)(=O)c1ccccc1S(=O)(=O)NCCc1cccs1. The van der Waals surface area contributed by atoms with Crippen molar-refractivity contribution < 1.29 is 16.8 Å². The van der Waals surface area contributed by atoms with Gasteiger partial charge in [-0.05, 0) is 30.0 Å². The predicted molar refractivity (Wildman–Crippen MR) is 82.8 cm³/mol. The first-order valence-corrected chi connectivity index (χ1v) is 10.4. The van der Waals surface area contributed by atoms with Crippen molar-refractivity contribution in [2.24, 2.45) is 0 Å². The molecule has 5 nitrogen and oxygen atoms in total. The molecule has 1 aromatic carbocycles. The molecule has 0 aliphatic rings. The number of sulfone groups is 1. The van der Waals surface area contributed by atoms with Crippen molar-refractivity contribution in [3.05, 3.63) is 46.7 Å². The monoisotopic (exact) mass is 345 g/mol. The first-order chi connectivity index (χ1) is 9.81. The fraction of sp³-hybridized carbons (Fsp3) is 0.231. The molecule has 0 saturated carbocycles. The summed E-state index contributed by atoms with van der Waals surface area (Å²) in [5, 5.41) is 1.92. The molecule has 0 amide bonds. The number of nitrogens with one attached hydrogen (secondary N) is 1. The fourth-order valence-electron chi connectivity index (χ4n) is 1.82. The van der Waals surface area contributed by atoms with E-state index in [1.807, 2.05) is 17.5 Å². The molecular formula is C13H15NO4S3. The first kappa shape index (κ1) is 16.2. The minimum atomic E-state index is -3.85. The number of hydrogen-bond donors (Lipinski definition) is 1. The quantitative estimate of drug-likeness (QED) is 0.864. The molecule has 21 heavy (non-hydrogen) atoms. The molecule has 0 fully saturated rings. The molecule has 2 rings (SSSR count). The van der Waals surface area contributed by atoms with E-state index < -0.39 is 19.9 Å². The van der Waals surface area contributed by atoms with Crippen LogP contribution in [0.25, 0.3) is 0 Å². The van der Waals surface area contributed by atoms with Crippen molar-refractivity contribution in [2.45, 2.75) is 16.2 Å². The van der Waals surface area contributed by atoms with Crippen molar-refractivity contribution in [2.75, 3.05) is 12.8 Å². The molecule has 1 heterocycles. The summed E-state index contributed by atoms with van der Waals surface area (Å²) in [6.07, 6.45) is 1.56. The molecule has 2 aromatic rings. The van der Waals surface area contributed by atoms with Crippen LogP contribution >= 0.6 is 11.3 Å². The van der Waals surface area contributed by atoms with Crippen molar-refractivity contribution in [3.63, 3.8) is 0 Å². The number of sulfonamides is 1. The van der Waals surface area contributed by atoms with Crippen LogP contribution in [-0.4, -0.2) is 29.6 Å². The van der Waals surface area contributed by atoms with Crippen LogP contribution in [0.3, 0.4) is 0 Å². The van der Waals surface area contributed by atoms with Crippen LogP contribution in [-0.2, 0) is 26.3 Å². The molecule has 0 atom stereocenters. The normalized spacial score (nSPS) is 12.4. The van der Waals surface area contributed by atoms with Gasteiger partial charge in [0.1, 0.15) is 4.90 Å². The lowest BCUT2D eigenvalue weighted by atomic mass is 10.3. The molecule has 8 heteroatoms. The second kappa shape index (κ2) is 6.27. The highest BCUT2D eigenvalue weighted by atomic mass is 32.2. The Hall–Kier alpha value is -1.22. The summed E-state index contributed by atoms with van der Waals surface area (Å²) < 4.78 is 50.3. The minimum Gasteiger partial charge on any atom is -0.224 e. The van der Waals surface area contributed by atoms with Crippen LogP contribution in [0.1, 0.15) is 4.88 Å². The lowest BCUT2D eigenvalue weighted by molar-refractivity contribution is 0.574. The Morgan fingerprint density at radius 3 is 2.24 bits per heavy atom. The Balaban J connectivity index is 2.20. The van der Waals surface area contributed by atoms with Gasteiger partial charge in [0.25, 0.3) is 0 Å². The molecule has 1 N–H and O–H groups in total. The van der Waals surface area contributed by atoms with Crippen molar-refractivity contribution >= 4 is 31.2 Å². The zero-order valence-electron chi connectivity index (χ0n) is 11.3. The fourth-order valence-corrected chi connectivity index (χ4v) is 5.19. The largest absolute Gasteiger partial charge is 0.241 e. The maximum Gasteiger partial charge on any atom is 0.241 e. The Morgan fingerprint density at radius 1 is 1.00 bits per heavy atom. The molecule has 0 aliphatic carbocycles. The molecule has 0 bridgehead atoms. The summed E-state index contributed by atoms with van der Waals surface area (Å²) in [5.41, 5.74) is 0. The highest BCUT2D eigenvalue weighted by Gasteiger charge is 2.22. The van der Waals surface area contributed by atoms with E-state index in [4.69, 9.17) is 0 Å². The highest BCUT2D eigenvalue weighted by Crippen LogP contribution is 2.20. The van der Waals surface area contributed by atoms with Crippen molar-refractivity contribution in [1.29, 1.82) is 0 Å². The Kier molecular flexibility index (Phi) is 4.82. The highest BCUT2D eigenvalue weighted by molar-refractivity contribution is 7.93. The molecule has 0 saturated heterocycles. The Bertz CT molecular complexity index is 809. The summed E-state index contributed by atoms with van der Waals surface area (Å²) in [4.78, 5) is 0.668. The van der Waals surface area contributed by atoms with Gasteiger partial charge in [-0.3, -0.25) is 0 Å². The predicted octanol–water partition coefficient (Wildman–Crippen LogP) is 1.67. The molecular weight excluding hydrogens is 330 g/mol. The number of thiophene rings is 1. The van der Waals surface area contributed by atoms with Gasteiger partial charge in [-0.25, -0.2) is 21.6 Å². The van der Waals surface area contributed by atoms with Gasteiger partial charge in [0.2, 0.25) is 10.0 Å². The van der Waals surface area contributed by atoms with E-state index >= 15 is 0 Å². The van der Waals surface area contributed by atoms with E-state index in [0.717, 1.165) is 11.1 Å². The number of rotatable bonds is 6. The van der Waals surface area contributed by atoms with Gasteiger partial charge in [-0.2, -0.15) is 0 Å². The van der Waals surface area contributed by atoms with Crippen LogP contribution in [0.15, 0.2) is 51.6 Å². The zero-order chi connectivity index (χ0) is 15.5. The maximum atomic E-state index is 12.3. The molecule has 0 spiro atoms. The van der Waals surface area contributed by atoms with Crippen LogP contribution in [0, 0.1) is 0 Å². The van der Waals surface area contributed by atoms with Gasteiger partial charge in [0.15, 0.2) is 9.84 Å². The smallest absolute Gasteiger partial charge is 0.224 e.